The minimum Gasteiger partial charge on any atom is -0.496 e. The molecule has 26 heavy (non-hydrogen) atoms. The van der Waals surface area contributed by atoms with Gasteiger partial charge in [-0.15, -0.1) is 24.0 Å². The van der Waals surface area contributed by atoms with Crippen LogP contribution in [0.1, 0.15) is 22.3 Å². The van der Waals surface area contributed by atoms with Crippen molar-refractivity contribution in [3.8, 4) is 11.8 Å². The Bertz CT molecular complexity index is 818. The van der Waals surface area contributed by atoms with Crippen molar-refractivity contribution in [3.05, 3.63) is 64.5 Å². The third kappa shape index (κ3) is 5.88. The Morgan fingerprint density at radius 3 is 2.38 bits per heavy atom. The highest BCUT2D eigenvalue weighted by atomic mass is 127. The third-order valence-electron chi connectivity index (χ3n) is 3.74. The van der Waals surface area contributed by atoms with Crippen molar-refractivity contribution < 1.29 is 9.13 Å². The van der Waals surface area contributed by atoms with E-state index in [9.17, 15) is 4.39 Å². The molecule has 0 heterocycles. The van der Waals surface area contributed by atoms with E-state index in [4.69, 9.17) is 10.00 Å². The van der Waals surface area contributed by atoms with E-state index in [-0.39, 0.29) is 30.5 Å². The van der Waals surface area contributed by atoms with Crippen molar-refractivity contribution in [2.75, 3.05) is 14.2 Å². The first-order chi connectivity index (χ1) is 12.1. The van der Waals surface area contributed by atoms with Crippen molar-refractivity contribution in [3.63, 3.8) is 0 Å². The van der Waals surface area contributed by atoms with Gasteiger partial charge in [0.1, 0.15) is 11.6 Å². The smallest absolute Gasteiger partial charge is 0.191 e. The lowest BCUT2D eigenvalue weighted by molar-refractivity contribution is 0.408. The summed E-state index contributed by atoms with van der Waals surface area (Å²) in [5.74, 6) is 0.940. The van der Waals surface area contributed by atoms with E-state index in [0.717, 1.165) is 16.9 Å². The number of rotatable bonds is 5. The zero-order valence-corrected chi connectivity index (χ0v) is 17.3. The van der Waals surface area contributed by atoms with Gasteiger partial charge < -0.3 is 15.4 Å². The first kappa shape index (κ1) is 21.7. The van der Waals surface area contributed by atoms with Gasteiger partial charge in [0.15, 0.2) is 5.96 Å². The Morgan fingerprint density at radius 2 is 1.81 bits per heavy atom. The Balaban J connectivity index is 0.00000338. The van der Waals surface area contributed by atoms with Gasteiger partial charge in [-0.1, -0.05) is 18.2 Å². The molecular weight excluding hydrogens is 446 g/mol. The van der Waals surface area contributed by atoms with Crippen LogP contribution in [0.25, 0.3) is 0 Å². The number of benzene rings is 2. The predicted octanol–water partition coefficient (Wildman–Crippen LogP) is 3.50. The number of methoxy groups -OCH3 is 1. The number of nitriles is 1. The molecule has 0 fully saturated rings. The number of ether oxygens (including phenoxy) is 1. The summed E-state index contributed by atoms with van der Waals surface area (Å²) in [5, 5.41) is 15.0. The van der Waals surface area contributed by atoms with Gasteiger partial charge in [0, 0.05) is 31.3 Å². The lowest BCUT2D eigenvalue weighted by Gasteiger charge is -2.14. The molecule has 2 rings (SSSR count). The molecule has 2 N–H and O–H groups in total. The third-order valence-corrected chi connectivity index (χ3v) is 3.74. The molecule has 0 unspecified atom stereocenters. The van der Waals surface area contributed by atoms with Crippen molar-refractivity contribution >= 4 is 29.9 Å². The second kappa shape index (κ2) is 10.6. The second-order valence-electron chi connectivity index (χ2n) is 5.51. The van der Waals surface area contributed by atoms with Crippen LogP contribution in [0.3, 0.4) is 0 Å². The molecule has 5 nitrogen and oxygen atoms in total. The van der Waals surface area contributed by atoms with Gasteiger partial charge in [0.2, 0.25) is 0 Å². The highest BCUT2D eigenvalue weighted by molar-refractivity contribution is 14.0. The monoisotopic (exact) mass is 468 g/mol. The van der Waals surface area contributed by atoms with Crippen LogP contribution in [0, 0.1) is 24.1 Å². The molecule has 0 bridgehead atoms. The Morgan fingerprint density at radius 1 is 1.15 bits per heavy atom. The summed E-state index contributed by atoms with van der Waals surface area (Å²) < 4.78 is 19.3. The largest absolute Gasteiger partial charge is 0.496 e. The fourth-order valence-electron chi connectivity index (χ4n) is 2.34. The number of guanidine groups is 1. The van der Waals surface area contributed by atoms with Crippen LogP contribution >= 0.6 is 24.0 Å². The first-order valence-electron chi connectivity index (χ1n) is 7.84. The summed E-state index contributed by atoms with van der Waals surface area (Å²) in [6, 6.07) is 12.3. The SMILES string of the molecule is CN=C(NCc1ccc(C#N)cc1F)NCc1ccc(C)cc1OC.I. The standard InChI is InChI=1S/C19H21FN4O.HI/c1-13-4-6-16(18(8-13)25-3)12-24-19(22-2)23-11-15-7-5-14(10-21)9-17(15)20;/h4-9H,11-12H2,1-3H3,(H2,22,23,24);1H. The minimum atomic E-state index is -0.415. The van der Waals surface area contributed by atoms with Gasteiger partial charge in [0.25, 0.3) is 0 Å². The molecule has 0 saturated carbocycles. The summed E-state index contributed by atoms with van der Waals surface area (Å²) in [5.41, 5.74) is 2.89. The van der Waals surface area contributed by atoms with Gasteiger partial charge in [0.05, 0.1) is 18.7 Å². The number of nitrogens with zero attached hydrogens (tertiary/aromatic N) is 2. The Kier molecular flexibility index (Phi) is 8.85. The fraction of sp³-hybridized carbons (Fsp3) is 0.263. The number of hydrogen-bond donors (Lipinski definition) is 2. The molecule has 0 atom stereocenters. The molecule has 0 saturated heterocycles. The van der Waals surface area contributed by atoms with Crippen LogP contribution in [0.5, 0.6) is 5.75 Å². The molecule has 2 aromatic carbocycles. The molecule has 0 amide bonds. The van der Waals surface area contributed by atoms with Crippen molar-refractivity contribution in [2.45, 2.75) is 20.0 Å². The molecule has 0 aliphatic carbocycles. The summed E-state index contributed by atoms with van der Waals surface area (Å²) >= 11 is 0. The Hall–Kier alpha value is -2.34. The summed E-state index contributed by atoms with van der Waals surface area (Å²) in [6.07, 6.45) is 0. The van der Waals surface area contributed by atoms with E-state index in [2.05, 4.69) is 15.6 Å². The average Bonchev–Trinajstić information content (AvgIpc) is 2.63. The number of halogens is 2. The van der Waals surface area contributed by atoms with E-state index in [1.807, 2.05) is 31.2 Å². The first-order valence-corrected chi connectivity index (χ1v) is 7.84. The van der Waals surface area contributed by atoms with Crippen molar-refractivity contribution in [1.29, 1.82) is 5.26 Å². The highest BCUT2D eigenvalue weighted by Gasteiger charge is 2.07. The number of hydrogen-bond acceptors (Lipinski definition) is 3. The van der Waals surface area contributed by atoms with Gasteiger partial charge in [-0.25, -0.2) is 4.39 Å². The van der Waals surface area contributed by atoms with Gasteiger partial charge in [-0.2, -0.15) is 5.26 Å². The van der Waals surface area contributed by atoms with Gasteiger partial charge in [-0.05, 0) is 30.7 Å². The topological polar surface area (TPSA) is 69.4 Å². The molecule has 7 heteroatoms. The van der Waals surface area contributed by atoms with E-state index < -0.39 is 5.82 Å². The van der Waals surface area contributed by atoms with Crippen LogP contribution < -0.4 is 15.4 Å². The second-order valence-corrected chi connectivity index (χ2v) is 5.51. The van der Waals surface area contributed by atoms with E-state index in [1.165, 1.54) is 6.07 Å². The van der Waals surface area contributed by atoms with E-state index in [0.29, 0.717) is 23.6 Å². The number of nitrogens with one attached hydrogen (secondary N) is 2. The summed E-state index contributed by atoms with van der Waals surface area (Å²) in [4.78, 5) is 4.13. The maximum Gasteiger partial charge on any atom is 0.191 e. The van der Waals surface area contributed by atoms with Crippen LogP contribution in [-0.4, -0.2) is 20.1 Å². The van der Waals surface area contributed by atoms with Gasteiger partial charge in [-0.3, -0.25) is 4.99 Å². The van der Waals surface area contributed by atoms with Crippen LogP contribution in [0.2, 0.25) is 0 Å². The highest BCUT2D eigenvalue weighted by Crippen LogP contribution is 2.19. The number of aryl methyl sites for hydroxylation is 1. The van der Waals surface area contributed by atoms with Crippen LogP contribution in [0.4, 0.5) is 4.39 Å². The molecular formula is C19H22FIN4O. The maximum atomic E-state index is 13.9. The number of aliphatic imine (C=N–C) groups is 1. The molecule has 138 valence electrons. The van der Waals surface area contributed by atoms with Crippen molar-refractivity contribution in [2.24, 2.45) is 4.99 Å². The van der Waals surface area contributed by atoms with E-state index >= 15 is 0 Å². The molecule has 0 radical (unpaired) electrons. The van der Waals surface area contributed by atoms with Gasteiger partial charge >= 0.3 is 0 Å². The predicted molar refractivity (Wildman–Crippen MR) is 111 cm³/mol. The zero-order valence-electron chi connectivity index (χ0n) is 15.0. The normalized spacial score (nSPS) is 10.5. The maximum absolute atomic E-state index is 13.9. The lowest BCUT2D eigenvalue weighted by atomic mass is 10.1. The minimum absolute atomic E-state index is 0. The molecule has 0 aromatic heterocycles. The fourth-order valence-corrected chi connectivity index (χ4v) is 2.34. The quantitative estimate of drug-likeness (QED) is 0.401. The zero-order chi connectivity index (χ0) is 18.2. The Labute approximate surface area is 170 Å². The summed E-state index contributed by atoms with van der Waals surface area (Å²) in [6.45, 7) is 2.80. The van der Waals surface area contributed by atoms with Crippen molar-refractivity contribution in [1.82, 2.24) is 10.6 Å². The summed E-state index contributed by atoms with van der Waals surface area (Å²) in [7, 11) is 3.29. The average molecular weight is 468 g/mol. The van der Waals surface area contributed by atoms with Crippen LogP contribution in [-0.2, 0) is 13.1 Å². The van der Waals surface area contributed by atoms with E-state index in [1.54, 1.807) is 26.3 Å². The van der Waals surface area contributed by atoms with Crippen LogP contribution in [0.15, 0.2) is 41.4 Å². The lowest BCUT2D eigenvalue weighted by Crippen LogP contribution is -2.36. The molecule has 0 aliphatic heterocycles. The molecule has 2 aromatic rings. The molecule has 0 aliphatic rings. The molecule has 0 spiro atoms.